The molecule has 0 fully saturated rings. The van der Waals surface area contributed by atoms with E-state index in [-0.39, 0.29) is 29.5 Å². The second-order valence-electron chi connectivity index (χ2n) is 6.80. The molecule has 0 radical (unpaired) electrons. The molecule has 2 N–H and O–H groups in total. The van der Waals surface area contributed by atoms with Gasteiger partial charge in [-0.3, -0.25) is 9.69 Å². The van der Waals surface area contributed by atoms with Crippen molar-refractivity contribution < 1.29 is 19.1 Å². The number of esters is 1. The maximum absolute atomic E-state index is 13.3. The summed E-state index contributed by atoms with van der Waals surface area (Å²) in [6, 6.07) is 16.4. The summed E-state index contributed by atoms with van der Waals surface area (Å²) in [5, 5.41) is 10.5. The van der Waals surface area contributed by atoms with Crippen LogP contribution in [0.5, 0.6) is 5.75 Å². The molecule has 1 atom stereocenters. The molecule has 31 heavy (non-hydrogen) atoms. The van der Waals surface area contributed by atoms with Crippen LogP contribution in [0.25, 0.3) is 0 Å². The predicted octanol–water partition coefficient (Wildman–Crippen LogP) is 3.51. The minimum atomic E-state index is -0.795. The number of carbonyl (C=O) groups excluding carboxylic acids is 2. The summed E-state index contributed by atoms with van der Waals surface area (Å²) < 4.78 is 10.6. The highest BCUT2D eigenvalue weighted by Crippen LogP contribution is 2.49. The van der Waals surface area contributed by atoms with Gasteiger partial charge in [0.15, 0.2) is 0 Å². The van der Waals surface area contributed by atoms with E-state index < -0.39 is 11.9 Å². The van der Waals surface area contributed by atoms with E-state index in [1.54, 1.807) is 43.3 Å². The standard InChI is InChI=1S/C23H19N3O4S/c1-3-30-23(28)19-18(13-7-6-8-14(11-13)29-2)16(12-24)22-26(20(19)25)21(27)15-9-4-5-10-17(15)31-22/h4-11,18H,3,25H2,1-2H3. The summed E-state index contributed by atoms with van der Waals surface area (Å²) in [5.74, 6) is -1.32. The molecule has 2 aliphatic rings. The molecule has 2 aliphatic heterocycles. The first-order valence-corrected chi connectivity index (χ1v) is 10.4. The lowest BCUT2D eigenvalue weighted by Crippen LogP contribution is -2.42. The molecule has 4 rings (SSSR count). The van der Waals surface area contributed by atoms with Crippen molar-refractivity contribution in [1.82, 2.24) is 4.90 Å². The molecule has 2 heterocycles. The van der Waals surface area contributed by atoms with Gasteiger partial charge < -0.3 is 15.2 Å². The van der Waals surface area contributed by atoms with Crippen molar-refractivity contribution in [2.75, 3.05) is 13.7 Å². The van der Waals surface area contributed by atoms with E-state index in [1.807, 2.05) is 12.1 Å². The van der Waals surface area contributed by atoms with Gasteiger partial charge in [-0.05, 0) is 36.8 Å². The zero-order valence-electron chi connectivity index (χ0n) is 16.9. The van der Waals surface area contributed by atoms with Crippen molar-refractivity contribution in [3.8, 4) is 11.8 Å². The van der Waals surface area contributed by atoms with Crippen LogP contribution in [0.1, 0.15) is 28.8 Å². The number of allylic oxidation sites excluding steroid dienone is 1. The number of methoxy groups -OCH3 is 1. The first-order chi connectivity index (χ1) is 15.0. The summed E-state index contributed by atoms with van der Waals surface area (Å²) in [5.41, 5.74) is 7.83. The molecular weight excluding hydrogens is 414 g/mol. The van der Waals surface area contributed by atoms with Gasteiger partial charge in [-0.2, -0.15) is 5.26 Å². The molecule has 0 saturated heterocycles. The van der Waals surface area contributed by atoms with Crippen molar-refractivity contribution in [2.24, 2.45) is 5.73 Å². The van der Waals surface area contributed by atoms with Crippen molar-refractivity contribution in [3.63, 3.8) is 0 Å². The van der Waals surface area contributed by atoms with Gasteiger partial charge in [-0.25, -0.2) is 4.79 Å². The van der Waals surface area contributed by atoms with Crippen molar-refractivity contribution >= 4 is 23.6 Å². The predicted molar refractivity (Wildman–Crippen MR) is 115 cm³/mol. The fourth-order valence-electron chi connectivity index (χ4n) is 3.72. The Balaban J connectivity index is 1.99. The SMILES string of the molecule is CCOC(=O)C1=C(N)N2C(=O)c3ccccc3SC2=C(C#N)C1c1cccc(OC)c1. The lowest BCUT2D eigenvalue weighted by atomic mass is 9.82. The molecule has 0 aliphatic carbocycles. The molecule has 2 aromatic rings. The Hall–Kier alpha value is -3.70. The summed E-state index contributed by atoms with van der Waals surface area (Å²) in [6.07, 6.45) is 0. The Morgan fingerprint density at radius 2 is 2.03 bits per heavy atom. The number of nitrogens with zero attached hydrogens (tertiary/aromatic N) is 2. The Morgan fingerprint density at radius 1 is 1.26 bits per heavy atom. The highest BCUT2D eigenvalue weighted by Gasteiger charge is 2.44. The van der Waals surface area contributed by atoms with Gasteiger partial charge in [0.1, 0.15) is 16.6 Å². The number of ether oxygens (including phenoxy) is 2. The van der Waals surface area contributed by atoms with Gasteiger partial charge in [0, 0.05) is 4.90 Å². The zero-order valence-corrected chi connectivity index (χ0v) is 17.7. The van der Waals surface area contributed by atoms with Crippen molar-refractivity contribution in [1.29, 1.82) is 5.26 Å². The van der Waals surface area contributed by atoms with E-state index >= 15 is 0 Å². The van der Waals surface area contributed by atoms with Crippen LogP contribution < -0.4 is 10.5 Å². The van der Waals surface area contributed by atoms with Crippen LogP contribution in [0.4, 0.5) is 0 Å². The minimum Gasteiger partial charge on any atom is -0.497 e. The first-order valence-electron chi connectivity index (χ1n) is 9.58. The van der Waals surface area contributed by atoms with E-state index in [4.69, 9.17) is 15.2 Å². The maximum atomic E-state index is 13.3. The third-order valence-corrected chi connectivity index (χ3v) is 6.27. The Morgan fingerprint density at radius 3 is 2.74 bits per heavy atom. The number of thioether (sulfide) groups is 1. The maximum Gasteiger partial charge on any atom is 0.338 e. The number of amides is 1. The number of nitriles is 1. The molecule has 2 aromatic carbocycles. The fourth-order valence-corrected chi connectivity index (χ4v) is 4.89. The third kappa shape index (κ3) is 3.33. The molecule has 156 valence electrons. The van der Waals surface area contributed by atoms with Crippen LogP contribution in [-0.4, -0.2) is 30.5 Å². The highest BCUT2D eigenvalue weighted by molar-refractivity contribution is 8.03. The highest BCUT2D eigenvalue weighted by atomic mass is 32.2. The molecule has 0 bridgehead atoms. The van der Waals surface area contributed by atoms with E-state index in [0.717, 1.165) is 4.90 Å². The third-order valence-electron chi connectivity index (χ3n) is 5.10. The topological polar surface area (TPSA) is 106 Å². The van der Waals surface area contributed by atoms with Gasteiger partial charge in [-0.15, -0.1) is 0 Å². The van der Waals surface area contributed by atoms with E-state index in [0.29, 0.717) is 21.9 Å². The average Bonchev–Trinajstić information content (AvgIpc) is 2.79. The van der Waals surface area contributed by atoms with E-state index in [9.17, 15) is 14.9 Å². The largest absolute Gasteiger partial charge is 0.497 e. The number of carbonyl (C=O) groups is 2. The number of rotatable bonds is 4. The summed E-state index contributed by atoms with van der Waals surface area (Å²) >= 11 is 1.28. The monoisotopic (exact) mass is 433 g/mol. The Labute approximate surface area is 183 Å². The quantitative estimate of drug-likeness (QED) is 0.736. The van der Waals surface area contributed by atoms with Gasteiger partial charge in [0.05, 0.1) is 42.4 Å². The Kier molecular flexibility index (Phi) is 5.44. The van der Waals surface area contributed by atoms with Crippen molar-refractivity contribution in [3.05, 3.63) is 81.7 Å². The molecule has 1 amide bonds. The molecule has 7 nitrogen and oxygen atoms in total. The summed E-state index contributed by atoms with van der Waals surface area (Å²) in [7, 11) is 1.54. The molecule has 8 heteroatoms. The van der Waals surface area contributed by atoms with Gasteiger partial charge >= 0.3 is 5.97 Å². The van der Waals surface area contributed by atoms with Crippen LogP contribution in [0.3, 0.4) is 0 Å². The number of hydrogen-bond donors (Lipinski definition) is 1. The first kappa shape index (κ1) is 20.6. The fraction of sp³-hybridized carbons (Fsp3) is 0.174. The number of benzene rings is 2. The minimum absolute atomic E-state index is 0.0349. The Bertz CT molecular complexity index is 1200. The number of hydrogen-bond acceptors (Lipinski definition) is 7. The second-order valence-corrected chi connectivity index (χ2v) is 7.83. The number of fused-ring (bicyclic) bond motifs is 2. The molecule has 0 spiro atoms. The van der Waals surface area contributed by atoms with Crippen molar-refractivity contribution in [2.45, 2.75) is 17.7 Å². The smallest absolute Gasteiger partial charge is 0.338 e. The number of nitrogens with two attached hydrogens (primary N) is 1. The van der Waals surface area contributed by atoms with Gasteiger partial charge in [0.2, 0.25) is 0 Å². The van der Waals surface area contributed by atoms with E-state index in [1.165, 1.54) is 23.8 Å². The van der Waals surface area contributed by atoms with E-state index in [2.05, 4.69) is 6.07 Å². The van der Waals surface area contributed by atoms with Crippen LogP contribution in [0.15, 0.2) is 75.4 Å². The van der Waals surface area contributed by atoms with Crippen LogP contribution in [0, 0.1) is 11.3 Å². The normalized spacial score (nSPS) is 17.6. The van der Waals surface area contributed by atoms with Gasteiger partial charge in [0.25, 0.3) is 5.91 Å². The molecule has 0 saturated carbocycles. The van der Waals surface area contributed by atoms with Crippen LogP contribution >= 0.6 is 11.8 Å². The zero-order chi connectivity index (χ0) is 22.1. The van der Waals surface area contributed by atoms with Gasteiger partial charge in [-0.1, -0.05) is 36.0 Å². The second kappa shape index (κ2) is 8.20. The summed E-state index contributed by atoms with van der Waals surface area (Å²) in [4.78, 5) is 28.2. The lowest BCUT2D eigenvalue weighted by molar-refractivity contribution is -0.138. The van der Waals surface area contributed by atoms with Crippen LogP contribution in [0.2, 0.25) is 0 Å². The lowest BCUT2D eigenvalue weighted by Gasteiger charge is -2.38. The average molecular weight is 433 g/mol. The summed E-state index contributed by atoms with van der Waals surface area (Å²) in [6.45, 7) is 1.81. The molecular formula is C23H19N3O4S. The molecule has 0 aromatic heterocycles. The van der Waals surface area contributed by atoms with Crippen LogP contribution in [-0.2, 0) is 9.53 Å². The molecule has 1 unspecified atom stereocenters.